The van der Waals surface area contributed by atoms with E-state index in [0.29, 0.717) is 5.57 Å². The first-order valence-electron chi connectivity index (χ1n) is 7.27. The minimum atomic E-state index is -0.270. The molecule has 1 amide bonds. The van der Waals surface area contributed by atoms with Crippen molar-refractivity contribution in [2.45, 2.75) is 45.4 Å². The van der Waals surface area contributed by atoms with E-state index < -0.39 is 0 Å². The Balaban J connectivity index is 2.11. The van der Waals surface area contributed by atoms with Gasteiger partial charge in [0.1, 0.15) is 11.6 Å². The summed E-state index contributed by atoms with van der Waals surface area (Å²) in [6.45, 7) is 2.09. The van der Waals surface area contributed by atoms with Gasteiger partial charge in [0.15, 0.2) is 0 Å². The summed E-state index contributed by atoms with van der Waals surface area (Å²) in [4.78, 5) is 12.2. The van der Waals surface area contributed by atoms with Gasteiger partial charge >= 0.3 is 0 Å². The first-order chi connectivity index (χ1) is 9.74. The third-order valence-corrected chi connectivity index (χ3v) is 3.77. The number of benzene rings is 1. The van der Waals surface area contributed by atoms with Gasteiger partial charge in [-0.1, -0.05) is 25.5 Å². The normalized spacial score (nSPS) is 14.5. The Hall–Kier alpha value is -2.08. The summed E-state index contributed by atoms with van der Waals surface area (Å²) in [5, 5.41) is 12.1. The van der Waals surface area contributed by atoms with Crippen molar-refractivity contribution in [3.05, 3.63) is 41.0 Å². The topological polar surface area (TPSA) is 52.9 Å². The molecule has 1 aromatic rings. The fraction of sp³-hybridized carbons (Fsp3) is 0.412. The van der Waals surface area contributed by atoms with Crippen molar-refractivity contribution in [3.8, 4) is 6.07 Å². The van der Waals surface area contributed by atoms with E-state index in [-0.39, 0.29) is 5.91 Å². The molecule has 0 radical (unpaired) electrons. The summed E-state index contributed by atoms with van der Waals surface area (Å²) in [7, 11) is 0. The van der Waals surface area contributed by atoms with Crippen molar-refractivity contribution in [1.29, 1.82) is 5.26 Å². The summed E-state index contributed by atoms with van der Waals surface area (Å²) < 4.78 is 0. The molecule has 0 aliphatic heterocycles. The van der Waals surface area contributed by atoms with E-state index in [1.54, 1.807) is 0 Å². The van der Waals surface area contributed by atoms with Crippen LogP contribution in [0.4, 0.5) is 5.69 Å². The van der Waals surface area contributed by atoms with E-state index in [9.17, 15) is 10.1 Å². The highest BCUT2D eigenvalue weighted by atomic mass is 16.1. The van der Waals surface area contributed by atoms with Crippen LogP contribution in [0, 0.1) is 11.3 Å². The summed E-state index contributed by atoms with van der Waals surface area (Å²) in [6.07, 6.45) is 6.10. The van der Waals surface area contributed by atoms with Crippen molar-refractivity contribution in [2.24, 2.45) is 0 Å². The zero-order valence-corrected chi connectivity index (χ0v) is 11.9. The van der Waals surface area contributed by atoms with Gasteiger partial charge in [0, 0.05) is 5.69 Å². The van der Waals surface area contributed by atoms with Crippen molar-refractivity contribution in [3.63, 3.8) is 0 Å². The van der Waals surface area contributed by atoms with Gasteiger partial charge in [-0.25, -0.2) is 0 Å². The third kappa shape index (κ3) is 3.48. The number of amides is 1. The van der Waals surface area contributed by atoms with Crippen LogP contribution >= 0.6 is 0 Å². The maximum atomic E-state index is 12.2. The highest BCUT2D eigenvalue weighted by Gasteiger charge is 2.17. The lowest BCUT2D eigenvalue weighted by Crippen LogP contribution is -2.16. The summed E-state index contributed by atoms with van der Waals surface area (Å²) in [5.74, 6) is -0.270. The monoisotopic (exact) mass is 268 g/mol. The Morgan fingerprint density at radius 1 is 1.20 bits per heavy atom. The van der Waals surface area contributed by atoms with Crippen molar-refractivity contribution < 1.29 is 4.79 Å². The van der Waals surface area contributed by atoms with Crippen molar-refractivity contribution >= 4 is 11.6 Å². The highest BCUT2D eigenvalue weighted by Crippen LogP contribution is 2.26. The Labute approximate surface area is 120 Å². The van der Waals surface area contributed by atoms with Crippen LogP contribution in [-0.4, -0.2) is 5.91 Å². The van der Waals surface area contributed by atoms with E-state index in [0.717, 1.165) is 43.4 Å². The van der Waals surface area contributed by atoms with Crippen LogP contribution in [-0.2, 0) is 11.2 Å². The SMILES string of the molecule is CCc1ccc(NC(=O)C(C#N)=C2CCCCC2)cc1. The predicted octanol–water partition coefficient (Wildman–Crippen LogP) is 3.97. The number of anilines is 1. The Bertz CT molecular complexity index is 541. The number of nitrogens with one attached hydrogen (secondary N) is 1. The fourth-order valence-corrected chi connectivity index (χ4v) is 2.54. The van der Waals surface area contributed by atoms with Crippen LogP contribution in [0.15, 0.2) is 35.4 Å². The molecule has 1 N–H and O–H groups in total. The number of aryl methyl sites for hydroxylation is 1. The Morgan fingerprint density at radius 2 is 1.85 bits per heavy atom. The molecule has 0 unspecified atom stereocenters. The second kappa shape index (κ2) is 6.91. The maximum absolute atomic E-state index is 12.2. The summed E-state index contributed by atoms with van der Waals surface area (Å²) >= 11 is 0. The highest BCUT2D eigenvalue weighted by molar-refractivity contribution is 6.07. The van der Waals surface area contributed by atoms with Gasteiger partial charge in [0.2, 0.25) is 0 Å². The second-order valence-corrected chi connectivity index (χ2v) is 5.16. The van der Waals surface area contributed by atoms with Crippen LogP contribution < -0.4 is 5.32 Å². The molecule has 0 aromatic heterocycles. The average Bonchev–Trinajstić information content (AvgIpc) is 2.50. The largest absolute Gasteiger partial charge is 0.321 e. The van der Waals surface area contributed by atoms with Gasteiger partial charge in [0.25, 0.3) is 5.91 Å². The number of rotatable bonds is 3. The molecule has 0 bridgehead atoms. The Morgan fingerprint density at radius 3 is 2.40 bits per heavy atom. The molecule has 0 heterocycles. The molecular formula is C17H20N2O. The molecule has 1 aliphatic rings. The minimum Gasteiger partial charge on any atom is -0.321 e. The van der Waals surface area contributed by atoms with Crippen LogP contribution in [0.25, 0.3) is 0 Å². The molecule has 1 fully saturated rings. The van der Waals surface area contributed by atoms with E-state index in [2.05, 4.69) is 18.3 Å². The molecule has 0 spiro atoms. The first kappa shape index (κ1) is 14.3. The van der Waals surface area contributed by atoms with Gasteiger partial charge in [-0.05, 0) is 55.4 Å². The summed E-state index contributed by atoms with van der Waals surface area (Å²) in [6, 6.07) is 9.85. The molecular weight excluding hydrogens is 248 g/mol. The number of hydrogen-bond donors (Lipinski definition) is 1. The zero-order valence-electron chi connectivity index (χ0n) is 11.9. The molecule has 3 heteroatoms. The lowest BCUT2D eigenvalue weighted by atomic mass is 9.91. The lowest BCUT2D eigenvalue weighted by molar-refractivity contribution is -0.112. The van der Waals surface area contributed by atoms with Gasteiger partial charge < -0.3 is 5.32 Å². The molecule has 2 rings (SSSR count). The van der Waals surface area contributed by atoms with E-state index in [4.69, 9.17) is 0 Å². The second-order valence-electron chi connectivity index (χ2n) is 5.16. The van der Waals surface area contributed by atoms with Crippen molar-refractivity contribution in [2.75, 3.05) is 5.32 Å². The minimum absolute atomic E-state index is 0.270. The van der Waals surface area contributed by atoms with Gasteiger partial charge in [-0.15, -0.1) is 0 Å². The molecule has 104 valence electrons. The smallest absolute Gasteiger partial charge is 0.266 e. The van der Waals surface area contributed by atoms with Gasteiger partial charge in [-0.2, -0.15) is 5.26 Å². The number of nitrogens with zero attached hydrogens (tertiary/aromatic N) is 1. The lowest BCUT2D eigenvalue weighted by Gasteiger charge is -2.15. The fourth-order valence-electron chi connectivity index (χ4n) is 2.54. The number of nitriles is 1. The van der Waals surface area contributed by atoms with Crippen LogP contribution in [0.2, 0.25) is 0 Å². The van der Waals surface area contributed by atoms with Gasteiger partial charge in [0.05, 0.1) is 0 Å². The standard InChI is InChI=1S/C17H20N2O/c1-2-13-8-10-15(11-9-13)19-17(20)16(12-18)14-6-4-3-5-7-14/h8-11H,2-7H2,1H3,(H,19,20). The van der Waals surface area contributed by atoms with Crippen LogP contribution in [0.1, 0.15) is 44.6 Å². The third-order valence-electron chi connectivity index (χ3n) is 3.77. The first-order valence-corrected chi connectivity index (χ1v) is 7.27. The molecule has 1 saturated carbocycles. The summed E-state index contributed by atoms with van der Waals surface area (Å²) in [5.41, 5.74) is 3.30. The molecule has 0 saturated heterocycles. The van der Waals surface area contributed by atoms with Crippen LogP contribution in [0.5, 0.6) is 0 Å². The number of carbonyl (C=O) groups excluding carboxylic acids is 1. The number of hydrogen-bond acceptors (Lipinski definition) is 2. The maximum Gasteiger partial charge on any atom is 0.266 e. The van der Waals surface area contributed by atoms with Crippen LogP contribution in [0.3, 0.4) is 0 Å². The number of carbonyl (C=O) groups is 1. The molecule has 1 aliphatic carbocycles. The average molecular weight is 268 g/mol. The molecule has 1 aromatic carbocycles. The van der Waals surface area contributed by atoms with E-state index in [1.807, 2.05) is 24.3 Å². The molecule has 20 heavy (non-hydrogen) atoms. The van der Waals surface area contributed by atoms with E-state index in [1.165, 1.54) is 12.0 Å². The predicted molar refractivity (Wildman–Crippen MR) is 80.2 cm³/mol. The molecule has 0 atom stereocenters. The molecule has 3 nitrogen and oxygen atoms in total. The van der Waals surface area contributed by atoms with Crippen molar-refractivity contribution in [1.82, 2.24) is 0 Å². The zero-order chi connectivity index (χ0) is 14.4. The Kier molecular flexibility index (Phi) is 4.95. The number of allylic oxidation sites excluding steroid dienone is 1. The van der Waals surface area contributed by atoms with Gasteiger partial charge in [-0.3, -0.25) is 4.79 Å². The van der Waals surface area contributed by atoms with E-state index >= 15 is 0 Å². The quantitative estimate of drug-likeness (QED) is 0.666.